The molecular formula is C11H18S. The Kier molecular flexibility index (Phi) is 5.91. The topological polar surface area (TPSA) is 0 Å². The molecule has 0 N–H and O–H groups in total. The molecule has 0 spiro atoms. The lowest BCUT2D eigenvalue weighted by Crippen LogP contribution is -1.91. The van der Waals surface area contributed by atoms with Crippen LogP contribution in [-0.2, 0) is 0 Å². The highest BCUT2D eigenvalue weighted by Crippen LogP contribution is 2.13. The largest absolute Gasteiger partial charge is 0.175 e. The van der Waals surface area contributed by atoms with E-state index in [0.29, 0.717) is 5.92 Å². The van der Waals surface area contributed by atoms with Crippen LogP contribution in [0.5, 0.6) is 0 Å². The van der Waals surface area contributed by atoms with Gasteiger partial charge in [-0.15, -0.1) is 0 Å². The van der Waals surface area contributed by atoms with Gasteiger partial charge in [0, 0.05) is 5.75 Å². The van der Waals surface area contributed by atoms with Crippen molar-refractivity contribution in [2.24, 2.45) is 5.92 Å². The summed E-state index contributed by atoms with van der Waals surface area (Å²) in [6.45, 7) is 10.1. The van der Waals surface area contributed by atoms with Gasteiger partial charge in [0.25, 0.3) is 0 Å². The summed E-state index contributed by atoms with van der Waals surface area (Å²) in [6.07, 6.45) is 6.15. The van der Waals surface area contributed by atoms with Gasteiger partial charge in [-0.2, -0.15) is 12.6 Å². The minimum absolute atomic E-state index is 0.539. The van der Waals surface area contributed by atoms with E-state index in [1.54, 1.807) is 0 Å². The van der Waals surface area contributed by atoms with Crippen molar-refractivity contribution >= 4 is 12.6 Å². The number of hydrogen-bond donors (Lipinski definition) is 1. The van der Waals surface area contributed by atoms with Crippen LogP contribution in [0.25, 0.3) is 0 Å². The lowest BCUT2D eigenvalue weighted by molar-refractivity contribution is 0.791. The van der Waals surface area contributed by atoms with Crippen molar-refractivity contribution in [3.63, 3.8) is 0 Å². The molecule has 68 valence electrons. The first kappa shape index (κ1) is 11.6. The van der Waals surface area contributed by atoms with E-state index in [9.17, 15) is 0 Å². The van der Waals surface area contributed by atoms with Gasteiger partial charge in [0.2, 0.25) is 0 Å². The minimum Gasteiger partial charge on any atom is -0.175 e. The van der Waals surface area contributed by atoms with E-state index >= 15 is 0 Å². The van der Waals surface area contributed by atoms with Crippen molar-refractivity contribution in [3.05, 3.63) is 36.0 Å². The molecule has 0 radical (unpaired) electrons. The molecule has 0 aliphatic carbocycles. The molecule has 0 aliphatic heterocycles. The third-order valence-corrected chi connectivity index (χ3v) is 2.17. The minimum atomic E-state index is 0.539. The molecule has 1 heteroatoms. The molecule has 0 aromatic carbocycles. The molecule has 0 aromatic heterocycles. The number of thiol groups is 1. The van der Waals surface area contributed by atoms with E-state index in [4.69, 9.17) is 0 Å². The summed E-state index contributed by atoms with van der Waals surface area (Å²) in [5.74, 6) is 1.33. The Morgan fingerprint density at radius 3 is 2.33 bits per heavy atom. The average Bonchev–Trinajstić information content (AvgIpc) is 2.06. The van der Waals surface area contributed by atoms with Crippen LogP contribution in [0.3, 0.4) is 0 Å². The molecule has 0 aromatic rings. The van der Waals surface area contributed by atoms with Crippen LogP contribution >= 0.6 is 12.6 Å². The summed E-state index contributed by atoms with van der Waals surface area (Å²) in [6, 6.07) is 0. The zero-order valence-electron chi connectivity index (χ0n) is 8.17. The third-order valence-electron chi connectivity index (χ3n) is 1.81. The Balaban J connectivity index is 4.58. The second-order valence-electron chi connectivity index (χ2n) is 3.02. The van der Waals surface area contributed by atoms with Gasteiger partial charge >= 0.3 is 0 Å². The molecule has 0 saturated heterocycles. The number of allylic oxidation sites excluding steroid dienone is 4. The molecule has 0 rings (SSSR count). The molecule has 0 aliphatic rings. The van der Waals surface area contributed by atoms with Crippen LogP contribution in [0.4, 0.5) is 0 Å². The summed E-state index contributed by atoms with van der Waals surface area (Å²) in [5.41, 5.74) is 2.53. The fourth-order valence-electron chi connectivity index (χ4n) is 0.896. The van der Waals surface area contributed by atoms with E-state index < -0.39 is 0 Å². The predicted octanol–water partition coefficient (Wildman–Crippen LogP) is 3.63. The van der Waals surface area contributed by atoms with Crippen LogP contribution in [-0.4, -0.2) is 5.75 Å². The molecule has 0 bridgehead atoms. The molecule has 0 atom stereocenters. The Morgan fingerprint density at radius 1 is 1.50 bits per heavy atom. The number of hydrogen-bond acceptors (Lipinski definition) is 1. The molecule has 0 heterocycles. The monoisotopic (exact) mass is 182 g/mol. The van der Waals surface area contributed by atoms with Gasteiger partial charge in [-0.1, -0.05) is 38.7 Å². The molecule has 12 heavy (non-hydrogen) atoms. The van der Waals surface area contributed by atoms with Crippen molar-refractivity contribution in [3.8, 4) is 0 Å². The molecule has 0 amide bonds. The Morgan fingerprint density at radius 2 is 2.08 bits per heavy atom. The van der Waals surface area contributed by atoms with Gasteiger partial charge in [-0.25, -0.2) is 0 Å². The quantitative estimate of drug-likeness (QED) is 0.498. The van der Waals surface area contributed by atoms with Crippen molar-refractivity contribution in [1.82, 2.24) is 0 Å². The fourth-order valence-corrected chi connectivity index (χ4v) is 1.17. The number of rotatable bonds is 4. The van der Waals surface area contributed by atoms with E-state index in [1.165, 1.54) is 11.1 Å². The van der Waals surface area contributed by atoms with E-state index in [0.717, 1.165) is 5.75 Å². The summed E-state index contributed by atoms with van der Waals surface area (Å²) in [7, 11) is 0. The Bertz CT molecular complexity index is 197. The Hall–Kier alpha value is -0.430. The molecule has 0 fully saturated rings. The van der Waals surface area contributed by atoms with Crippen molar-refractivity contribution in [1.29, 1.82) is 0 Å². The first-order valence-corrected chi connectivity index (χ1v) is 4.89. The van der Waals surface area contributed by atoms with E-state index in [2.05, 4.69) is 45.2 Å². The van der Waals surface area contributed by atoms with Gasteiger partial charge in [0.1, 0.15) is 0 Å². The molecule has 0 unspecified atom stereocenters. The molecule has 0 saturated carbocycles. The predicted molar refractivity (Wildman–Crippen MR) is 60.7 cm³/mol. The van der Waals surface area contributed by atoms with Crippen molar-refractivity contribution in [2.45, 2.75) is 20.8 Å². The molecular weight excluding hydrogens is 164 g/mol. The highest BCUT2D eigenvalue weighted by Gasteiger charge is 1.98. The normalized spacial score (nSPS) is 13.8. The SMILES string of the molecule is C=C/C(=C\C(=C/C)CS)C(C)C. The van der Waals surface area contributed by atoms with E-state index in [-0.39, 0.29) is 0 Å². The molecule has 0 nitrogen and oxygen atoms in total. The highest BCUT2D eigenvalue weighted by molar-refractivity contribution is 7.80. The van der Waals surface area contributed by atoms with Crippen LogP contribution in [0.1, 0.15) is 20.8 Å². The van der Waals surface area contributed by atoms with Crippen molar-refractivity contribution < 1.29 is 0 Å². The zero-order valence-corrected chi connectivity index (χ0v) is 9.07. The second kappa shape index (κ2) is 6.13. The van der Waals surface area contributed by atoms with Crippen LogP contribution in [0.2, 0.25) is 0 Å². The first-order valence-electron chi connectivity index (χ1n) is 4.25. The lowest BCUT2D eigenvalue weighted by atomic mass is 10.0. The first-order chi connectivity index (χ1) is 5.65. The van der Waals surface area contributed by atoms with Crippen LogP contribution in [0.15, 0.2) is 36.0 Å². The zero-order chi connectivity index (χ0) is 9.56. The summed E-state index contributed by atoms with van der Waals surface area (Å²) in [5, 5.41) is 0. The van der Waals surface area contributed by atoms with Gasteiger partial charge in [-0.05, 0) is 24.0 Å². The third kappa shape index (κ3) is 3.82. The van der Waals surface area contributed by atoms with Gasteiger partial charge < -0.3 is 0 Å². The maximum atomic E-state index is 4.23. The van der Waals surface area contributed by atoms with Crippen molar-refractivity contribution in [2.75, 3.05) is 5.75 Å². The second-order valence-corrected chi connectivity index (χ2v) is 3.34. The van der Waals surface area contributed by atoms with E-state index in [1.807, 2.05) is 13.0 Å². The fraction of sp³-hybridized carbons (Fsp3) is 0.455. The lowest BCUT2D eigenvalue weighted by Gasteiger charge is -2.06. The summed E-state index contributed by atoms with van der Waals surface area (Å²) < 4.78 is 0. The van der Waals surface area contributed by atoms with Gasteiger partial charge in [0.05, 0.1) is 0 Å². The summed E-state index contributed by atoms with van der Waals surface area (Å²) in [4.78, 5) is 0. The van der Waals surface area contributed by atoms with Crippen LogP contribution < -0.4 is 0 Å². The van der Waals surface area contributed by atoms with Crippen LogP contribution in [0, 0.1) is 5.92 Å². The smallest absolute Gasteiger partial charge is 0.0151 e. The maximum Gasteiger partial charge on any atom is 0.0151 e. The van der Waals surface area contributed by atoms with Gasteiger partial charge in [0.15, 0.2) is 0 Å². The Labute approximate surface area is 81.5 Å². The summed E-state index contributed by atoms with van der Waals surface area (Å²) >= 11 is 4.23. The highest BCUT2D eigenvalue weighted by atomic mass is 32.1. The standard InChI is InChI=1S/C11H18S/c1-5-10(8-12)7-11(6-2)9(3)4/h5-7,9,12H,2,8H2,1,3-4H3/b10-5+,11-7+. The average molecular weight is 182 g/mol. The maximum absolute atomic E-state index is 4.23. The van der Waals surface area contributed by atoms with Gasteiger partial charge in [-0.3, -0.25) is 0 Å².